The summed E-state index contributed by atoms with van der Waals surface area (Å²) in [5.41, 5.74) is 1.87. The molecule has 1 aromatic heterocycles. The van der Waals surface area contributed by atoms with E-state index in [9.17, 15) is 9.90 Å². The fourth-order valence-corrected chi connectivity index (χ4v) is 5.59. The van der Waals surface area contributed by atoms with Gasteiger partial charge < -0.3 is 15.2 Å². The predicted molar refractivity (Wildman–Crippen MR) is 113 cm³/mol. The number of hydrogen-bond acceptors (Lipinski definition) is 5. The van der Waals surface area contributed by atoms with Crippen LogP contribution in [-0.2, 0) is 6.42 Å². The Morgan fingerprint density at radius 2 is 2.07 bits per heavy atom. The molecule has 4 atom stereocenters. The molecule has 150 valence electrons. The van der Waals surface area contributed by atoms with Crippen LogP contribution in [0.2, 0.25) is 5.02 Å². The number of ether oxygens (including phenoxy) is 1. The maximum Gasteiger partial charge on any atom is 0.168 e. The zero-order valence-electron chi connectivity index (χ0n) is 16.2. The smallest absolute Gasteiger partial charge is 0.168 e. The Morgan fingerprint density at radius 1 is 1.25 bits per heavy atom. The number of halogens is 1. The van der Waals surface area contributed by atoms with Gasteiger partial charge in [0.25, 0.3) is 0 Å². The highest BCUT2D eigenvalue weighted by atomic mass is 35.5. The average Bonchev–Trinajstić information content (AvgIpc) is 3.20. The average molecular weight is 420 g/mol. The standard InChI is InChI=1S/C22H26ClNO3S/c1-12-9-15(23)4-6-18(12)27-19-7-5-17(22(19)26)24-11-14-3-8-20-16(21(14)25)10-13(2)28-20/h4,6,9-10,14,17,19,22,24,26H,3,5,7-8,11H2,1-2H3/t14?,17-,19-,22-/m1/s1. The summed E-state index contributed by atoms with van der Waals surface area (Å²) in [5, 5.41) is 14.8. The molecule has 1 fully saturated rings. The first kappa shape index (κ1) is 19.9. The predicted octanol–water partition coefficient (Wildman–Crippen LogP) is 4.32. The number of thiophene rings is 1. The van der Waals surface area contributed by atoms with Crippen molar-refractivity contribution in [2.75, 3.05) is 6.54 Å². The lowest BCUT2D eigenvalue weighted by Crippen LogP contribution is -2.44. The van der Waals surface area contributed by atoms with Gasteiger partial charge in [0.1, 0.15) is 18.0 Å². The van der Waals surface area contributed by atoms with Gasteiger partial charge in [-0.05, 0) is 69.4 Å². The lowest BCUT2D eigenvalue weighted by atomic mass is 9.87. The van der Waals surface area contributed by atoms with E-state index in [1.807, 2.05) is 25.1 Å². The van der Waals surface area contributed by atoms with E-state index < -0.39 is 6.10 Å². The monoisotopic (exact) mass is 419 g/mol. The van der Waals surface area contributed by atoms with Gasteiger partial charge in [0.05, 0.1) is 0 Å². The summed E-state index contributed by atoms with van der Waals surface area (Å²) < 4.78 is 6.05. The van der Waals surface area contributed by atoms with Crippen molar-refractivity contribution in [2.45, 2.75) is 57.8 Å². The van der Waals surface area contributed by atoms with Crippen LogP contribution < -0.4 is 10.1 Å². The molecule has 0 spiro atoms. The van der Waals surface area contributed by atoms with Crippen molar-refractivity contribution >= 4 is 28.7 Å². The molecule has 1 aromatic carbocycles. The summed E-state index contributed by atoms with van der Waals surface area (Å²) >= 11 is 7.74. The first-order valence-corrected chi connectivity index (χ1v) is 11.1. The number of Topliss-reactive ketones (excluding diaryl/α,β-unsaturated/α-hetero) is 1. The molecular formula is C22H26ClNO3S. The summed E-state index contributed by atoms with van der Waals surface area (Å²) in [6, 6.07) is 7.50. The summed E-state index contributed by atoms with van der Waals surface area (Å²) in [6.07, 6.45) is 2.64. The molecule has 2 N–H and O–H groups in total. The zero-order valence-corrected chi connectivity index (χ0v) is 17.8. The van der Waals surface area contributed by atoms with Gasteiger partial charge in [-0.25, -0.2) is 0 Å². The van der Waals surface area contributed by atoms with E-state index >= 15 is 0 Å². The summed E-state index contributed by atoms with van der Waals surface area (Å²) in [4.78, 5) is 15.2. The Labute approximate surface area is 174 Å². The fraction of sp³-hybridized carbons (Fsp3) is 0.500. The molecule has 1 saturated carbocycles. The number of rotatable bonds is 5. The molecule has 0 amide bonds. The van der Waals surface area contributed by atoms with Crippen molar-refractivity contribution in [1.82, 2.24) is 5.32 Å². The minimum absolute atomic E-state index is 0.00724. The number of benzene rings is 1. The van der Waals surface area contributed by atoms with Crippen LogP contribution in [-0.4, -0.2) is 35.7 Å². The highest BCUT2D eigenvalue weighted by molar-refractivity contribution is 7.12. The molecule has 1 heterocycles. The van der Waals surface area contributed by atoms with Gasteiger partial charge in [-0.3, -0.25) is 4.79 Å². The highest BCUT2D eigenvalue weighted by Gasteiger charge is 2.37. The molecule has 0 saturated heterocycles. The molecule has 1 unspecified atom stereocenters. The number of aliphatic hydroxyl groups excluding tert-OH is 1. The third-order valence-corrected chi connectivity index (χ3v) is 7.23. The number of aliphatic hydroxyl groups is 1. The Morgan fingerprint density at radius 3 is 2.86 bits per heavy atom. The molecular weight excluding hydrogens is 394 g/mol. The van der Waals surface area contributed by atoms with Gasteiger partial charge >= 0.3 is 0 Å². The minimum Gasteiger partial charge on any atom is -0.487 e. The Kier molecular flexibility index (Phi) is 5.79. The SMILES string of the molecule is Cc1cc2c(s1)CCC(CN[C@@H]1CC[C@@H](Oc3ccc(Cl)cc3C)[C@@H]1O)C2=O. The molecule has 4 nitrogen and oxygen atoms in total. The van der Waals surface area contributed by atoms with Crippen LogP contribution in [0.3, 0.4) is 0 Å². The van der Waals surface area contributed by atoms with Crippen molar-refractivity contribution in [3.8, 4) is 5.75 Å². The van der Waals surface area contributed by atoms with Crippen molar-refractivity contribution in [1.29, 1.82) is 0 Å². The number of fused-ring (bicyclic) bond motifs is 1. The fourth-order valence-electron chi connectivity index (χ4n) is 4.31. The van der Waals surface area contributed by atoms with Crippen LogP contribution in [0.15, 0.2) is 24.3 Å². The Balaban J connectivity index is 1.33. The van der Waals surface area contributed by atoms with E-state index in [-0.39, 0.29) is 23.8 Å². The van der Waals surface area contributed by atoms with Crippen LogP contribution in [0, 0.1) is 19.8 Å². The lowest BCUT2D eigenvalue weighted by molar-refractivity contribution is 0.0438. The van der Waals surface area contributed by atoms with Gasteiger partial charge in [0.2, 0.25) is 0 Å². The van der Waals surface area contributed by atoms with E-state index in [1.54, 1.807) is 17.4 Å². The van der Waals surface area contributed by atoms with Gasteiger partial charge in [0.15, 0.2) is 5.78 Å². The van der Waals surface area contributed by atoms with E-state index in [1.165, 1.54) is 9.75 Å². The van der Waals surface area contributed by atoms with Crippen LogP contribution in [0.4, 0.5) is 0 Å². The Hall–Kier alpha value is -1.40. The van der Waals surface area contributed by atoms with Crippen LogP contribution in [0.5, 0.6) is 5.75 Å². The second kappa shape index (κ2) is 8.15. The molecule has 0 bridgehead atoms. The van der Waals surface area contributed by atoms with Gasteiger partial charge in [0, 0.05) is 38.8 Å². The van der Waals surface area contributed by atoms with E-state index in [0.29, 0.717) is 11.6 Å². The normalized spacial score (nSPS) is 27.1. The maximum atomic E-state index is 12.8. The van der Waals surface area contributed by atoms with Crippen LogP contribution in [0.25, 0.3) is 0 Å². The zero-order chi connectivity index (χ0) is 19.8. The van der Waals surface area contributed by atoms with Crippen LogP contribution >= 0.6 is 22.9 Å². The van der Waals surface area contributed by atoms with Crippen molar-refractivity contribution in [3.05, 3.63) is 50.2 Å². The topological polar surface area (TPSA) is 58.6 Å². The van der Waals surface area contributed by atoms with E-state index in [4.69, 9.17) is 16.3 Å². The molecule has 0 radical (unpaired) electrons. The third-order valence-electron chi connectivity index (χ3n) is 5.89. The van der Waals surface area contributed by atoms with Crippen molar-refractivity contribution < 1.29 is 14.6 Å². The minimum atomic E-state index is -0.590. The van der Waals surface area contributed by atoms with Crippen LogP contribution in [0.1, 0.15) is 44.9 Å². The second-order valence-corrected chi connectivity index (χ2v) is 9.72. The van der Waals surface area contributed by atoms with Crippen molar-refractivity contribution in [3.63, 3.8) is 0 Å². The molecule has 4 rings (SSSR count). The Bertz CT molecular complexity index is 881. The maximum absolute atomic E-state index is 12.8. The molecule has 28 heavy (non-hydrogen) atoms. The lowest BCUT2D eigenvalue weighted by Gasteiger charge is -2.26. The number of aryl methyl sites for hydroxylation is 3. The number of carbonyl (C=O) groups is 1. The van der Waals surface area contributed by atoms with E-state index in [2.05, 4.69) is 12.2 Å². The highest BCUT2D eigenvalue weighted by Crippen LogP contribution is 2.33. The van der Waals surface area contributed by atoms with E-state index in [0.717, 1.165) is 42.6 Å². The molecule has 2 aliphatic carbocycles. The summed E-state index contributed by atoms with van der Waals surface area (Å²) in [6.45, 7) is 4.62. The molecule has 0 aliphatic heterocycles. The summed E-state index contributed by atoms with van der Waals surface area (Å²) in [5.74, 6) is 0.999. The number of ketones is 1. The number of nitrogens with one attached hydrogen (secondary N) is 1. The van der Waals surface area contributed by atoms with Crippen molar-refractivity contribution in [2.24, 2.45) is 5.92 Å². The first-order chi connectivity index (χ1) is 13.4. The molecule has 2 aromatic rings. The van der Waals surface area contributed by atoms with Gasteiger partial charge in [-0.2, -0.15) is 0 Å². The molecule has 2 aliphatic rings. The third kappa shape index (κ3) is 3.99. The van der Waals surface area contributed by atoms with Gasteiger partial charge in [-0.15, -0.1) is 11.3 Å². The number of hydrogen-bond donors (Lipinski definition) is 2. The summed E-state index contributed by atoms with van der Waals surface area (Å²) in [7, 11) is 0. The quantitative estimate of drug-likeness (QED) is 0.757. The molecule has 6 heteroatoms. The first-order valence-electron chi connectivity index (χ1n) is 9.90. The van der Waals surface area contributed by atoms with Gasteiger partial charge in [-0.1, -0.05) is 11.6 Å². The second-order valence-electron chi connectivity index (χ2n) is 7.94. The number of carbonyl (C=O) groups excluding carboxylic acids is 1. The largest absolute Gasteiger partial charge is 0.487 e.